The molecule has 1 aliphatic rings. The van der Waals surface area contributed by atoms with E-state index in [9.17, 15) is 9.59 Å². The van der Waals surface area contributed by atoms with Crippen molar-refractivity contribution in [2.45, 2.75) is 59.1 Å². The van der Waals surface area contributed by atoms with Gasteiger partial charge in [-0.25, -0.2) is 27.8 Å². The Kier molecular flexibility index (Phi) is 6.86. The van der Waals surface area contributed by atoms with E-state index in [1.54, 1.807) is 23.1 Å². The second kappa shape index (κ2) is 10.3. The number of carbonyl (C=O) groups excluding carboxylic acids is 1. The van der Waals surface area contributed by atoms with Crippen molar-refractivity contribution in [1.82, 2.24) is 19.3 Å². The second-order valence-corrected chi connectivity index (χ2v) is 12.3. The van der Waals surface area contributed by atoms with E-state index < -0.39 is 29.0 Å². The average molecular weight is 590 g/mol. The third-order valence-electron chi connectivity index (χ3n) is 7.66. The molecule has 1 amide bonds. The molecule has 0 radical (unpaired) electrons. The van der Waals surface area contributed by atoms with Crippen molar-refractivity contribution in [2.75, 3.05) is 24.5 Å². The molecule has 11 heteroatoms. The maximum Gasteiger partial charge on any atom is 0.410 e. The minimum absolute atomic E-state index is 0.0328. The minimum atomic E-state index is -0.786. The molecule has 4 heterocycles. The summed E-state index contributed by atoms with van der Waals surface area (Å²) in [5, 5.41) is 0.143. The Balaban J connectivity index is 1.65. The first-order valence-corrected chi connectivity index (χ1v) is 14.3. The molecule has 6 rings (SSSR count). The molecule has 3 aromatic heterocycles. The van der Waals surface area contributed by atoms with Crippen LogP contribution in [0.5, 0.6) is 0 Å². The number of para-hydroxylation sites is 1. The van der Waals surface area contributed by atoms with Crippen LogP contribution in [0.25, 0.3) is 38.6 Å². The fourth-order valence-electron chi connectivity index (χ4n) is 5.73. The van der Waals surface area contributed by atoms with Crippen molar-refractivity contribution in [2.24, 2.45) is 0 Å². The molecule has 0 saturated carbocycles. The lowest BCUT2D eigenvalue weighted by Gasteiger charge is -2.40. The highest BCUT2D eigenvalue weighted by Gasteiger charge is 2.33. The summed E-state index contributed by atoms with van der Waals surface area (Å²) in [5.74, 6) is -1.29. The molecule has 2 bridgehead atoms. The summed E-state index contributed by atoms with van der Waals surface area (Å²) < 4.78 is 44.4. The third-order valence-corrected chi connectivity index (χ3v) is 7.66. The van der Waals surface area contributed by atoms with Crippen molar-refractivity contribution >= 4 is 50.5 Å². The van der Waals surface area contributed by atoms with Crippen LogP contribution in [-0.2, 0) is 4.74 Å². The first-order valence-electron chi connectivity index (χ1n) is 14.3. The maximum atomic E-state index is 16.0. The van der Waals surface area contributed by atoms with Crippen LogP contribution in [0, 0.1) is 11.6 Å². The van der Waals surface area contributed by atoms with E-state index in [1.807, 2.05) is 52.5 Å². The van der Waals surface area contributed by atoms with Gasteiger partial charge in [0.25, 0.3) is 0 Å². The fraction of sp³-hybridized carbons (Fsp3) is 0.375. The van der Waals surface area contributed by atoms with Crippen LogP contribution in [0.15, 0.2) is 51.7 Å². The number of ether oxygens (including phenoxy) is 1. The molecule has 2 aromatic carbocycles. The van der Waals surface area contributed by atoms with Gasteiger partial charge in [0, 0.05) is 25.7 Å². The van der Waals surface area contributed by atoms with Gasteiger partial charge in [0.15, 0.2) is 17.0 Å². The van der Waals surface area contributed by atoms with Gasteiger partial charge in [-0.1, -0.05) is 32.0 Å². The summed E-state index contributed by atoms with van der Waals surface area (Å²) in [4.78, 5) is 39.4. The number of nitrogens with zero attached hydrogens (tertiary/aromatic N) is 5. The lowest BCUT2D eigenvalue weighted by Crippen LogP contribution is -2.55. The first-order chi connectivity index (χ1) is 20.3. The van der Waals surface area contributed by atoms with E-state index in [2.05, 4.69) is 9.97 Å². The maximum absolute atomic E-state index is 16.0. The van der Waals surface area contributed by atoms with Gasteiger partial charge in [-0.3, -0.25) is 0 Å². The second-order valence-electron chi connectivity index (χ2n) is 12.3. The summed E-state index contributed by atoms with van der Waals surface area (Å²) in [5.41, 5.74) is 0.136. The molecule has 0 aliphatic carbocycles. The lowest BCUT2D eigenvalue weighted by atomic mass is 10.0. The number of piperazine rings is 1. The summed E-state index contributed by atoms with van der Waals surface area (Å²) in [6, 6.07) is 10.6. The van der Waals surface area contributed by atoms with Crippen molar-refractivity contribution in [3.05, 3.63) is 70.1 Å². The zero-order chi connectivity index (χ0) is 30.8. The van der Waals surface area contributed by atoms with Crippen molar-refractivity contribution in [3.8, 4) is 0 Å². The molecule has 1 atom stereocenters. The number of amides is 1. The molecule has 1 fully saturated rings. The molecule has 1 saturated heterocycles. The number of halogens is 2. The number of hydrogen-bond donors (Lipinski definition) is 0. The molecule has 224 valence electrons. The van der Waals surface area contributed by atoms with E-state index in [4.69, 9.17) is 9.15 Å². The van der Waals surface area contributed by atoms with E-state index in [0.29, 0.717) is 30.7 Å². The van der Waals surface area contributed by atoms with E-state index in [0.717, 1.165) is 5.56 Å². The topological polar surface area (TPSA) is 93.2 Å². The number of fused-ring (bicyclic) bond motifs is 5. The Morgan fingerprint density at radius 2 is 1.77 bits per heavy atom. The van der Waals surface area contributed by atoms with Gasteiger partial charge in [-0.2, -0.15) is 4.98 Å². The number of anilines is 1. The van der Waals surface area contributed by atoms with Crippen LogP contribution in [0.3, 0.4) is 0 Å². The van der Waals surface area contributed by atoms with Gasteiger partial charge in [0.1, 0.15) is 28.3 Å². The predicted molar refractivity (Wildman–Crippen MR) is 161 cm³/mol. The quantitative estimate of drug-likeness (QED) is 0.231. The highest BCUT2D eigenvalue weighted by Crippen LogP contribution is 2.33. The molecule has 0 spiro atoms. The Labute approximate surface area is 246 Å². The monoisotopic (exact) mass is 589 g/mol. The molecular weight excluding hydrogens is 556 g/mol. The van der Waals surface area contributed by atoms with E-state index in [-0.39, 0.29) is 45.3 Å². The zero-order valence-electron chi connectivity index (χ0n) is 24.9. The van der Waals surface area contributed by atoms with Gasteiger partial charge < -0.3 is 19.0 Å². The number of aromatic nitrogens is 3. The SMILES string of the molecule is CC(C)c1cccc2oc3cccc(F)c3c3nc4c(cc3F)c(N3CCN(C(=O)OC(C)(C)C)[C@@H](C)C3)nc(=O)n4c12. The van der Waals surface area contributed by atoms with Crippen LogP contribution in [-0.4, -0.2) is 56.6 Å². The summed E-state index contributed by atoms with van der Waals surface area (Å²) in [6.07, 6.45) is -0.429. The van der Waals surface area contributed by atoms with Crippen molar-refractivity contribution in [3.63, 3.8) is 0 Å². The van der Waals surface area contributed by atoms with Gasteiger partial charge in [0.05, 0.1) is 16.3 Å². The molecule has 1 aliphatic heterocycles. The normalized spacial score (nSPS) is 16.2. The molecule has 0 N–H and O–H groups in total. The predicted octanol–water partition coefficient (Wildman–Crippen LogP) is 6.55. The van der Waals surface area contributed by atoms with Crippen LogP contribution in [0.1, 0.15) is 53.0 Å². The smallest absolute Gasteiger partial charge is 0.410 e. The molecule has 9 nitrogen and oxygen atoms in total. The zero-order valence-corrected chi connectivity index (χ0v) is 24.9. The third kappa shape index (κ3) is 4.96. The fourth-order valence-corrected chi connectivity index (χ4v) is 5.73. The number of benzene rings is 2. The minimum Gasteiger partial charge on any atom is -0.454 e. The van der Waals surface area contributed by atoms with Crippen molar-refractivity contribution < 1.29 is 22.7 Å². The lowest BCUT2D eigenvalue weighted by molar-refractivity contribution is 0.0158. The number of carbonyl (C=O) groups is 1. The van der Waals surface area contributed by atoms with E-state index >= 15 is 8.78 Å². The van der Waals surface area contributed by atoms with E-state index in [1.165, 1.54) is 22.6 Å². The highest BCUT2D eigenvalue weighted by atomic mass is 19.1. The van der Waals surface area contributed by atoms with Gasteiger partial charge in [0.2, 0.25) is 0 Å². The van der Waals surface area contributed by atoms with Gasteiger partial charge in [-0.15, -0.1) is 0 Å². The Morgan fingerprint density at radius 3 is 2.47 bits per heavy atom. The van der Waals surface area contributed by atoms with Crippen LogP contribution in [0.2, 0.25) is 0 Å². The van der Waals surface area contributed by atoms with Crippen molar-refractivity contribution in [1.29, 1.82) is 0 Å². The van der Waals surface area contributed by atoms with Crippen LogP contribution >= 0.6 is 0 Å². The number of rotatable bonds is 2. The van der Waals surface area contributed by atoms with Crippen LogP contribution < -0.4 is 10.6 Å². The number of pyridine rings is 1. The van der Waals surface area contributed by atoms with Gasteiger partial charge >= 0.3 is 11.8 Å². The number of hydrogen-bond acceptors (Lipinski definition) is 7. The molecule has 43 heavy (non-hydrogen) atoms. The summed E-state index contributed by atoms with van der Waals surface area (Å²) in [6.45, 7) is 12.2. The molecule has 0 unspecified atom stereocenters. The highest BCUT2D eigenvalue weighted by molar-refractivity contribution is 5.99. The van der Waals surface area contributed by atoms with Crippen LogP contribution in [0.4, 0.5) is 19.4 Å². The Hall–Kier alpha value is -4.54. The van der Waals surface area contributed by atoms with Gasteiger partial charge in [-0.05, 0) is 63.4 Å². The largest absolute Gasteiger partial charge is 0.454 e. The molecule has 5 aromatic rings. The Morgan fingerprint density at radius 1 is 1.05 bits per heavy atom. The average Bonchev–Trinajstić information content (AvgIpc) is 2.97. The Bertz CT molecular complexity index is 2010. The first kappa shape index (κ1) is 28.6. The standard InChI is InChI=1S/C32H33F2N5O4/c1-17(2)19-9-7-12-24-27(19)39-29-20(15-22(34)26(35-29)25-21(33)10-8-11-23(25)42-24)28(36-30(39)40)37-13-14-38(18(3)16-37)31(41)43-32(4,5)6/h7-12,15,17-18H,13-14,16H2,1-6H3/t18-/m0/s1. The summed E-state index contributed by atoms with van der Waals surface area (Å²) in [7, 11) is 0. The molecular formula is C32H33F2N5O4. The summed E-state index contributed by atoms with van der Waals surface area (Å²) >= 11 is 0.